The number of rotatable bonds is 4. The van der Waals surface area contributed by atoms with E-state index in [2.05, 4.69) is 11.1 Å². The number of benzene rings is 2. The maximum absolute atomic E-state index is 9.10. The molecule has 1 N–H and O–H groups in total. The van der Waals surface area contributed by atoms with Crippen LogP contribution < -0.4 is 4.74 Å². The van der Waals surface area contributed by atoms with Crippen LogP contribution in [0.3, 0.4) is 0 Å². The van der Waals surface area contributed by atoms with Crippen LogP contribution in [0.25, 0.3) is 11.3 Å². The molecule has 0 aliphatic carbocycles. The quantitative estimate of drug-likeness (QED) is 0.771. The van der Waals surface area contributed by atoms with E-state index < -0.39 is 0 Å². The summed E-state index contributed by atoms with van der Waals surface area (Å²) in [6, 6.07) is 21.7. The lowest BCUT2D eigenvalue weighted by atomic mass is 10.1. The predicted molar refractivity (Wildman–Crippen MR) is 86.5 cm³/mol. The number of aryl methyl sites for hydroxylation is 1. The highest BCUT2D eigenvalue weighted by molar-refractivity contribution is 5.69. The first-order valence-corrected chi connectivity index (χ1v) is 7.13. The Labute approximate surface area is 129 Å². The van der Waals surface area contributed by atoms with E-state index in [1.165, 1.54) is 0 Å². The summed E-state index contributed by atoms with van der Waals surface area (Å²) in [5.74, 6) is 0.713. The Hall–Kier alpha value is -2.99. The normalized spacial score (nSPS) is 10.2. The average molecular weight is 288 g/mol. The molecule has 0 radical (unpaired) electrons. The summed E-state index contributed by atoms with van der Waals surface area (Å²) in [7, 11) is 0. The maximum atomic E-state index is 9.10. The molecule has 3 aromatic rings. The fourth-order valence-corrected chi connectivity index (χ4v) is 2.33. The third-order valence-electron chi connectivity index (χ3n) is 3.47. The second kappa shape index (κ2) is 6.19. The maximum Gasteiger partial charge on any atom is 0.130 e. The third-order valence-corrected chi connectivity index (χ3v) is 3.47. The monoisotopic (exact) mass is 288 g/mol. The molecule has 0 amide bonds. The zero-order valence-corrected chi connectivity index (χ0v) is 12.3. The molecule has 2 aromatic carbocycles. The van der Waals surface area contributed by atoms with E-state index in [1.54, 1.807) is 12.1 Å². The van der Waals surface area contributed by atoms with Crippen LogP contribution in [0.15, 0.2) is 60.7 Å². The fourth-order valence-electron chi connectivity index (χ4n) is 2.33. The van der Waals surface area contributed by atoms with E-state index in [4.69, 9.17) is 10.00 Å². The van der Waals surface area contributed by atoms with Gasteiger partial charge in [-0.1, -0.05) is 30.3 Å². The van der Waals surface area contributed by atoms with Crippen molar-refractivity contribution in [2.75, 3.05) is 0 Å². The number of nitrogens with zero attached hydrogens (tertiary/aromatic N) is 1. The van der Waals surface area contributed by atoms with Crippen molar-refractivity contribution in [1.29, 1.82) is 5.26 Å². The molecule has 0 aliphatic heterocycles. The van der Waals surface area contributed by atoms with Gasteiger partial charge in [-0.05, 0) is 42.8 Å². The molecule has 0 saturated carbocycles. The number of H-pyrrole nitrogens is 1. The van der Waals surface area contributed by atoms with Crippen LogP contribution in [0.1, 0.15) is 16.8 Å². The van der Waals surface area contributed by atoms with Crippen molar-refractivity contribution in [3.8, 4) is 23.1 Å². The average Bonchev–Trinajstić information content (AvgIpc) is 3.00. The molecular weight excluding hydrogens is 272 g/mol. The van der Waals surface area contributed by atoms with Crippen molar-refractivity contribution >= 4 is 0 Å². The van der Waals surface area contributed by atoms with Gasteiger partial charge >= 0.3 is 0 Å². The number of hydrogen-bond donors (Lipinski definition) is 1. The van der Waals surface area contributed by atoms with Crippen molar-refractivity contribution in [2.24, 2.45) is 0 Å². The molecule has 1 aromatic heterocycles. The van der Waals surface area contributed by atoms with Gasteiger partial charge in [0.1, 0.15) is 12.4 Å². The Bertz CT molecular complexity index is 813. The zero-order valence-electron chi connectivity index (χ0n) is 12.3. The van der Waals surface area contributed by atoms with E-state index in [0.717, 1.165) is 22.5 Å². The van der Waals surface area contributed by atoms with Gasteiger partial charge < -0.3 is 9.72 Å². The number of ether oxygens (including phenoxy) is 1. The number of nitriles is 1. The van der Waals surface area contributed by atoms with Crippen LogP contribution in [0, 0.1) is 18.3 Å². The molecule has 3 nitrogen and oxygen atoms in total. The summed E-state index contributed by atoms with van der Waals surface area (Å²) in [6.07, 6.45) is 0. The SMILES string of the molecule is Cc1ccc(-c2ccc(C#N)cc2OCc2ccccc2)[nH]1. The van der Waals surface area contributed by atoms with Gasteiger partial charge in [0.25, 0.3) is 0 Å². The van der Waals surface area contributed by atoms with E-state index in [0.29, 0.717) is 17.9 Å². The van der Waals surface area contributed by atoms with E-state index >= 15 is 0 Å². The summed E-state index contributed by atoms with van der Waals surface area (Å²) < 4.78 is 5.96. The smallest absolute Gasteiger partial charge is 0.130 e. The van der Waals surface area contributed by atoms with Crippen molar-refractivity contribution in [3.05, 3.63) is 77.5 Å². The van der Waals surface area contributed by atoms with Crippen molar-refractivity contribution in [2.45, 2.75) is 13.5 Å². The van der Waals surface area contributed by atoms with Crippen molar-refractivity contribution < 1.29 is 4.74 Å². The zero-order chi connectivity index (χ0) is 15.4. The van der Waals surface area contributed by atoms with Gasteiger partial charge in [0.2, 0.25) is 0 Å². The second-order valence-electron chi connectivity index (χ2n) is 5.15. The van der Waals surface area contributed by atoms with Crippen LogP contribution in [-0.2, 0) is 6.61 Å². The fraction of sp³-hybridized carbons (Fsp3) is 0.105. The van der Waals surface area contributed by atoms with E-state index in [1.807, 2.05) is 55.5 Å². The van der Waals surface area contributed by atoms with Crippen molar-refractivity contribution in [3.63, 3.8) is 0 Å². The molecule has 0 atom stereocenters. The lowest BCUT2D eigenvalue weighted by Gasteiger charge is -2.11. The van der Waals surface area contributed by atoms with Gasteiger partial charge in [0.15, 0.2) is 0 Å². The summed E-state index contributed by atoms with van der Waals surface area (Å²) in [6.45, 7) is 2.49. The van der Waals surface area contributed by atoms with Crippen LogP contribution in [0.5, 0.6) is 5.75 Å². The van der Waals surface area contributed by atoms with Gasteiger partial charge in [-0.15, -0.1) is 0 Å². The minimum Gasteiger partial charge on any atom is -0.488 e. The topological polar surface area (TPSA) is 48.8 Å². The number of hydrogen-bond acceptors (Lipinski definition) is 2. The Morgan fingerprint density at radius 3 is 2.55 bits per heavy atom. The van der Waals surface area contributed by atoms with Gasteiger partial charge in [-0.3, -0.25) is 0 Å². The van der Waals surface area contributed by atoms with Crippen molar-refractivity contribution in [1.82, 2.24) is 4.98 Å². The Balaban J connectivity index is 1.92. The standard InChI is InChI=1S/C19H16N2O/c1-14-7-10-18(21-14)17-9-8-16(12-20)11-19(17)22-13-15-5-3-2-4-6-15/h2-11,21H,13H2,1H3. The first kappa shape index (κ1) is 14.0. The highest BCUT2D eigenvalue weighted by atomic mass is 16.5. The molecule has 108 valence electrons. The van der Waals surface area contributed by atoms with Gasteiger partial charge in [-0.25, -0.2) is 0 Å². The molecule has 3 heteroatoms. The number of nitrogens with one attached hydrogen (secondary N) is 1. The molecule has 3 rings (SSSR count). The highest BCUT2D eigenvalue weighted by Crippen LogP contribution is 2.31. The van der Waals surface area contributed by atoms with Gasteiger partial charge in [0, 0.05) is 17.0 Å². The molecular formula is C19H16N2O. The molecule has 0 fully saturated rings. The second-order valence-corrected chi connectivity index (χ2v) is 5.15. The van der Waals surface area contributed by atoms with Crippen LogP contribution in [0.2, 0.25) is 0 Å². The minimum absolute atomic E-state index is 0.475. The summed E-state index contributed by atoms with van der Waals surface area (Å²) in [5.41, 5.74) is 4.73. The minimum atomic E-state index is 0.475. The number of aromatic amines is 1. The molecule has 0 aliphatic rings. The first-order valence-electron chi connectivity index (χ1n) is 7.13. The molecule has 0 saturated heterocycles. The number of aromatic nitrogens is 1. The largest absolute Gasteiger partial charge is 0.488 e. The first-order chi connectivity index (χ1) is 10.8. The Morgan fingerprint density at radius 1 is 1.05 bits per heavy atom. The predicted octanol–water partition coefficient (Wildman–Crippen LogP) is 4.44. The highest BCUT2D eigenvalue weighted by Gasteiger charge is 2.09. The molecule has 1 heterocycles. The van der Waals surface area contributed by atoms with Gasteiger partial charge in [-0.2, -0.15) is 5.26 Å². The Kier molecular flexibility index (Phi) is 3.93. The Morgan fingerprint density at radius 2 is 1.86 bits per heavy atom. The van der Waals surface area contributed by atoms with E-state index in [-0.39, 0.29) is 0 Å². The molecule has 0 bridgehead atoms. The lowest BCUT2D eigenvalue weighted by Crippen LogP contribution is -1.97. The summed E-state index contributed by atoms with van der Waals surface area (Å²) >= 11 is 0. The molecule has 0 unspecified atom stereocenters. The van der Waals surface area contributed by atoms with Crippen LogP contribution in [0.4, 0.5) is 0 Å². The van der Waals surface area contributed by atoms with Gasteiger partial charge in [0.05, 0.1) is 11.6 Å². The van der Waals surface area contributed by atoms with E-state index in [9.17, 15) is 0 Å². The lowest BCUT2D eigenvalue weighted by molar-refractivity contribution is 0.307. The van der Waals surface area contributed by atoms with Crippen LogP contribution in [-0.4, -0.2) is 4.98 Å². The molecule has 0 spiro atoms. The van der Waals surface area contributed by atoms with Crippen LogP contribution >= 0.6 is 0 Å². The summed E-state index contributed by atoms with van der Waals surface area (Å²) in [5, 5.41) is 9.10. The third kappa shape index (κ3) is 3.02. The summed E-state index contributed by atoms with van der Waals surface area (Å²) in [4.78, 5) is 3.31. The molecule has 22 heavy (non-hydrogen) atoms.